The molecule has 2 aromatic heterocycles. The first kappa shape index (κ1) is 17.0. The van der Waals surface area contributed by atoms with Crippen LogP contribution in [0.4, 0.5) is 0 Å². The van der Waals surface area contributed by atoms with Gasteiger partial charge in [-0.2, -0.15) is 0 Å². The number of carbonyl (C=O) groups excluding carboxylic acids is 2. The van der Waals surface area contributed by atoms with E-state index in [0.29, 0.717) is 9.90 Å². The van der Waals surface area contributed by atoms with E-state index >= 15 is 0 Å². The van der Waals surface area contributed by atoms with Crippen LogP contribution in [-0.4, -0.2) is 18.4 Å². The molecule has 0 bridgehead atoms. The number of nitrogens with one attached hydrogen (secondary N) is 1. The van der Waals surface area contributed by atoms with Crippen LogP contribution in [0.3, 0.4) is 0 Å². The highest BCUT2D eigenvalue weighted by Crippen LogP contribution is 2.35. The molecule has 1 amide bonds. The lowest BCUT2D eigenvalue weighted by Crippen LogP contribution is -2.30. The third-order valence-electron chi connectivity index (χ3n) is 3.32. The second kappa shape index (κ2) is 7.34. The van der Waals surface area contributed by atoms with E-state index in [4.69, 9.17) is 16.3 Å². The van der Waals surface area contributed by atoms with Crippen molar-refractivity contribution in [3.05, 3.63) is 56.1 Å². The smallest absolute Gasteiger partial charge is 0.325 e. The number of rotatable bonds is 5. The fourth-order valence-electron chi connectivity index (χ4n) is 2.15. The topological polar surface area (TPSA) is 55.4 Å². The summed E-state index contributed by atoms with van der Waals surface area (Å²) in [7, 11) is 0. The Morgan fingerprint density at radius 3 is 2.67 bits per heavy atom. The Balaban J connectivity index is 1.53. The van der Waals surface area contributed by atoms with Gasteiger partial charge in [-0.3, -0.25) is 9.59 Å². The molecule has 0 unspecified atom stereocenters. The molecule has 0 aliphatic heterocycles. The number of esters is 1. The summed E-state index contributed by atoms with van der Waals surface area (Å²) < 4.78 is 6.26. The van der Waals surface area contributed by atoms with Crippen molar-refractivity contribution >= 4 is 56.2 Å². The summed E-state index contributed by atoms with van der Waals surface area (Å²) in [5.41, 5.74) is 0. The molecule has 3 aromatic rings. The van der Waals surface area contributed by atoms with Gasteiger partial charge in [0.15, 0.2) is 0 Å². The monoisotopic (exact) mass is 379 g/mol. The van der Waals surface area contributed by atoms with Crippen LogP contribution in [0.5, 0.6) is 0 Å². The van der Waals surface area contributed by atoms with Crippen molar-refractivity contribution in [1.29, 1.82) is 0 Å². The number of amides is 1. The molecule has 0 aliphatic rings. The number of ether oxygens (including phenoxy) is 1. The summed E-state index contributed by atoms with van der Waals surface area (Å²) in [6.45, 7) is 1.85. The zero-order valence-corrected chi connectivity index (χ0v) is 15.2. The minimum Gasteiger partial charge on any atom is -0.459 e. The van der Waals surface area contributed by atoms with E-state index in [2.05, 4.69) is 5.32 Å². The molecule has 24 heavy (non-hydrogen) atoms. The second-order valence-corrected chi connectivity index (χ2v) is 7.89. The van der Waals surface area contributed by atoms with Crippen molar-refractivity contribution in [3.63, 3.8) is 0 Å². The van der Waals surface area contributed by atoms with Crippen molar-refractivity contribution in [2.24, 2.45) is 0 Å². The SMILES string of the molecule is Cc1ccc(C(=O)NCC(=O)OCc2sc3ccccc3c2Cl)s1. The highest BCUT2D eigenvalue weighted by atomic mass is 35.5. The van der Waals surface area contributed by atoms with Crippen LogP contribution in [0, 0.1) is 6.92 Å². The second-order valence-electron chi connectivity index (χ2n) is 5.09. The number of thiophene rings is 2. The van der Waals surface area contributed by atoms with Crippen LogP contribution in [-0.2, 0) is 16.1 Å². The molecule has 0 atom stereocenters. The lowest BCUT2D eigenvalue weighted by atomic mass is 10.2. The Morgan fingerprint density at radius 1 is 1.17 bits per heavy atom. The van der Waals surface area contributed by atoms with E-state index in [1.807, 2.05) is 37.3 Å². The highest BCUT2D eigenvalue weighted by molar-refractivity contribution is 7.19. The minimum atomic E-state index is -0.495. The largest absolute Gasteiger partial charge is 0.459 e. The summed E-state index contributed by atoms with van der Waals surface area (Å²) >= 11 is 9.18. The molecule has 0 spiro atoms. The molecular weight excluding hydrogens is 366 g/mol. The zero-order valence-electron chi connectivity index (χ0n) is 12.8. The molecule has 1 N–H and O–H groups in total. The van der Waals surface area contributed by atoms with Gasteiger partial charge in [0.05, 0.1) is 14.8 Å². The Bertz CT molecular complexity index is 900. The van der Waals surface area contributed by atoms with Crippen molar-refractivity contribution < 1.29 is 14.3 Å². The van der Waals surface area contributed by atoms with E-state index in [9.17, 15) is 9.59 Å². The van der Waals surface area contributed by atoms with E-state index in [-0.39, 0.29) is 19.1 Å². The predicted molar refractivity (Wildman–Crippen MR) is 98.0 cm³/mol. The first-order valence-corrected chi connectivity index (χ1v) is 9.22. The lowest BCUT2D eigenvalue weighted by molar-refractivity contribution is -0.143. The van der Waals surface area contributed by atoms with Gasteiger partial charge in [-0.15, -0.1) is 22.7 Å². The van der Waals surface area contributed by atoms with Gasteiger partial charge in [-0.1, -0.05) is 29.8 Å². The Labute approximate surface area is 152 Å². The summed E-state index contributed by atoms with van der Waals surface area (Å²) in [5, 5.41) is 4.12. The number of halogens is 1. The molecule has 0 fully saturated rings. The maximum atomic E-state index is 11.9. The number of hydrogen-bond acceptors (Lipinski definition) is 5. The third kappa shape index (κ3) is 3.77. The molecule has 0 saturated heterocycles. The highest BCUT2D eigenvalue weighted by Gasteiger charge is 2.14. The summed E-state index contributed by atoms with van der Waals surface area (Å²) in [6.07, 6.45) is 0. The van der Waals surface area contributed by atoms with Gasteiger partial charge in [-0.05, 0) is 25.1 Å². The number of hydrogen-bond donors (Lipinski definition) is 1. The van der Waals surface area contributed by atoms with Crippen molar-refractivity contribution in [1.82, 2.24) is 5.32 Å². The minimum absolute atomic E-state index is 0.102. The van der Waals surface area contributed by atoms with Gasteiger partial charge in [0.1, 0.15) is 13.2 Å². The van der Waals surface area contributed by atoms with Crippen LogP contribution in [0.15, 0.2) is 36.4 Å². The van der Waals surface area contributed by atoms with Crippen LogP contribution in [0.25, 0.3) is 10.1 Å². The number of benzene rings is 1. The maximum Gasteiger partial charge on any atom is 0.325 e. The van der Waals surface area contributed by atoms with Gasteiger partial charge in [-0.25, -0.2) is 0 Å². The first-order chi connectivity index (χ1) is 11.5. The predicted octanol–water partition coefficient (Wildman–Crippen LogP) is 4.40. The van der Waals surface area contributed by atoms with Crippen molar-refractivity contribution in [3.8, 4) is 0 Å². The summed E-state index contributed by atoms with van der Waals surface area (Å²) in [5.74, 6) is -0.768. The fraction of sp³-hybridized carbons (Fsp3) is 0.176. The van der Waals surface area contributed by atoms with Gasteiger partial charge < -0.3 is 10.1 Å². The average Bonchev–Trinajstić information content (AvgIpc) is 3.15. The molecule has 2 heterocycles. The molecule has 7 heteroatoms. The molecule has 1 aromatic carbocycles. The van der Waals surface area contributed by atoms with E-state index in [0.717, 1.165) is 19.8 Å². The Hall–Kier alpha value is -1.89. The van der Waals surface area contributed by atoms with E-state index in [1.54, 1.807) is 6.07 Å². The lowest BCUT2D eigenvalue weighted by Gasteiger charge is -2.05. The van der Waals surface area contributed by atoms with Crippen LogP contribution in [0.2, 0.25) is 5.02 Å². The zero-order chi connectivity index (χ0) is 17.1. The quantitative estimate of drug-likeness (QED) is 0.668. The molecule has 0 saturated carbocycles. The first-order valence-electron chi connectivity index (χ1n) is 7.21. The van der Waals surface area contributed by atoms with Gasteiger partial charge in [0.25, 0.3) is 5.91 Å². The fourth-order valence-corrected chi connectivity index (χ4v) is 4.34. The Morgan fingerprint density at radius 2 is 1.96 bits per heavy atom. The van der Waals surface area contributed by atoms with Crippen LogP contribution >= 0.6 is 34.3 Å². The molecule has 4 nitrogen and oxygen atoms in total. The number of carbonyl (C=O) groups is 2. The molecular formula is C17H14ClNO3S2. The Kier molecular flexibility index (Phi) is 5.18. The average molecular weight is 380 g/mol. The van der Waals surface area contributed by atoms with Crippen LogP contribution in [0.1, 0.15) is 19.4 Å². The third-order valence-corrected chi connectivity index (χ3v) is 6.01. The summed E-state index contributed by atoms with van der Waals surface area (Å²) in [4.78, 5) is 26.1. The molecule has 3 rings (SSSR count). The van der Waals surface area contributed by atoms with Crippen molar-refractivity contribution in [2.75, 3.05) is 6.54 Å². The molecule has 124 valence electrons. The van der Waals surface area contributed by atoms with Crippen LogP contribution < -0.4 is 5.32 Å². The number of aryl methyl sites for hydroxylation is 1. The van der Waals surface area contributed by atoms with Gasteiger partial charge in [0, 0.05) is 15.0 Å². The molecule has 0 radical (unpaired) electrons. The van der Waals surface area contributed by atoms with Gasteiger partial charge in [0.2, 0.25) is 0 Å². The maximum absolute atomic E-state index is 11.9. The summed E-state index contributed by atoms with van der Waals surface area (Å²) in [6, 6.07) is 11.4. The number of fused-ring (bicyclic) bond motifs is 1. The molecule has 0 aliphatic carbocycles. The standard InChI is InChI=1S/C17H14ClNO3S2/c1-10-6-7-13(23-10)17(21)19-8-15(20)22-9-14-16(18)11-4-2-3-5-12(11)24-14/h2-7H,8-9H2,1H3,(H,19,21). The van der Waals surface area contributed by atoms with E-state index in [1.165, 1.54) is 22.7 Å². The normalized spacial score (nSPS) is 10.8. The van der Waals surface area contributed by atoms with Crippen molar-refractivity contribution in [2.45, 2.75) is 13.5 Å². The van der Waals surface area contributed by atoms with Gasteiger partial charge >= 0.3 is 5.97 Å². The van der Waals surface area contributed by atoms with E-state index < -0.39 is 5.97 Å².